The number of anilines is 1. The van der Waals surface area contributed by atoms with Gasteiger partial charge in [-0.25, -0.2) is 4.79 Å². The predicted molar refractivity (Wildman–Crippen MR) is 117 cm³/mol. The molecule has 2 aromatic carbocycles. The molecule has 1 fully saturated rings. The number of rotatable bonds is 4. The van der Waals surface area contributed by atoms with Crippen LogP contribution in [0.1, 0.15) is 31.4 Å². The fourth-order valence-corrected chi connectivity index (χ4v) is 4.64. The van der Waals surface area contributed by atoms with E-state index in [0.717, 1.165) is 54.1 Å². The Morgan fingerprint density at radius 3 is 2.70 bits per heavy atom. The molecule has 156 valence electrons. The second kappa shape index (κ2) is 7.85. The molecular weight excluding hydrogens is 404 g/mol. The maximum atomic E-state index is 12.4. The molecule has 1 unspecified atom stereocenters. The van der Waals surface area contributed by atoms with Gasteiger partial charge in [0.1, 0.15) is 5.58 Å². The number of benzene rings is 2. The third kappa shape index (κ3) is 3.50. The number of hydrogen-bond donors (Lipinski definition) is 1. The van der Waals surface area contributed by atoms with Gasteiger partial charge >= 0.3 is 5.63 Å². The lowest BCUT2D eigenvalue weighted by molar-refractivity contribution is 0.174. The molecule has 2 aliphatic heterocycles. The molecule has 0 spiro atoms. The van der Waals surface area contributed by atoms with Crippen LogP contribution in [-0.2, 0) is 0 Å². The van der Waals surface area contributed by atoms with Crippen molar-refractivity contribution in [1.82, 2.24) is 5.32 Å². The van der Waals surface area contributed by atoms with Gasteiger partial charge in [0.05, 0.1) is 11.7 Å². The molecular formula is C23H23ClN2O4. The lowest BCUT2D eigenvalue weighted by Crippen LogP contribution is -2.44. The van der Waals surface area contributed by atoms with E-state index in [0.29, 0.717) is 10.6 Å². The summed E-state index contributed by atoms with van der Waals surface area (Å²) in [6, 6.07) is 13.3. The van der Waals surface area contributed by atoms with E-state index in [1.165, 1.54) is 0 Å². The van der Waals surface area contributed by atoms with Crippen molar-refractivity contribution in [2.24, 2.45) is 0 Å². The number of nitrogens with zero attached hydrogens (tertiary/aromatic N) is 1. The van der Waals surface area contributed by atoms with Crippen molar-refractivity contribution in [1.29, 1.82) is 0 Å². The van der Waals surface area contributed by atoms with Crippen LogP contribution in [0.4, 0.5) is 5.69 Å². The summed E-state index contributed by atoms with van der Waals surface area (Å²) in [4.78, 5) is 14.8. The maximum absolute atomic E-state index is 12.4. The van der Waals surface area contributed by atoms with E-state index in [2.05, 4.69) is 23.2 Å². The average Bonchev–Trinajstić information content (AvgIpc) is 3.23. The standard InChI is InChI=1S/C23H23ClN2O4/c1-14(15-2-4-21-22(10-15)29-13-28-21)26(17-6-8-25-9-7-17)19-12-23(27)30-20-5-3-16(24)11-18(19)20/h2-5,10-12,14,17,25H,6-9,13H2,1H3. The van der Waals surface area contributed by atoms with E-state index in [9.17, 15) is 4.79 Å². The summed E-state index contributed by atoms with van der Waals surface area (Å²) in [6.45, 7) is 4.28. The Morgan fingerprint density at radius 1 is 1.07 bits per heavy atom. The number of hydrogen-bond acceptors (Lipinski definition) is 6. The minimum atomic E-state index is -0.364. The van der Waals surface area contributed by atoms with Crippen LogP contribution in [0.25, 0.3) is 11.0 Å². The molecule has 1 atom stereocenters. The van der Waals surface area contributed by atoms with E-state index in [1.807, 2.05) is 18.2 Å². The lowest BCUT2D eigenvalue weighted by Gasteiger charge is -2.41. The first-order valence-electron chi connectivity index (χ1n) is 10.2. The van der Waals surface area contributed by atoms with Crippen LogP contribution in [0.15, 0.2) is 51.7 Å². The first-order chi connectivity index (χ1) is 14.6. The van der Waals surface area contributed by atoms with E-state index >= 15 is 0 Å². The molecule has 3 aromatic rings. The van der Waals surface area contributed by atoms with E-state index in [4.69, 9.17) is 25.5 Å². The summed E-state index contributed by atoms with van der Waals surface area (Å²) >= 11 is 6.30. The SMILES string of the molecule is CC(c1ccc2c(c1)OCO2)N(c1cc(=O)oc2ccc(Cl)cc12)C1CCNCC1. The largest absolute Gasteiger partial charge is 0.454 e. The number of ether oxygens (including phenoxy) is 2. The summed E-state index contributed by atoms with van der Waals surface area (Å²) in [7, 11) is 0. The Labute approximate surface area is 179 Å². The maximum Gasteiger partial charge on any atom is 0.338 e. The van der Waals surface area contributed by atoms with E-state index in [1.54, 1.807) is 18.2 Å². The molecule has 0 amide bonds. The zero-order valence-corrected chi connectivity index (χ0v) is 17.4. The van der Waals surface area contributed by atoms with Gasteiger partial charge in [-0.05, 0) is 68.8 Å². The molecule has 3 heterocycles. The molecule has 1 N–H and O–H groups in total. The minimum absolute atomic E-state index is 0.00609. The zero-order valence-electron chi connectivity index (χ0n) is 16.7. The Kier molecular flexibility index (Phi) is 5.05. The Balaban J connectivity index is 1.65. The first kappa shape index (κ1) is 19.3. The molecule has 1 saturated heterocycles. The van der Waals surface area contributed by atoms with Crippen LogP contribution < -0.4 is 25.3 Å². The van der Waals surface area contributed by atoms with Crippen LogP contribution in [0.2, 0.25) is 5.02 Å². The molecule has 7 heteroatoms. The molecule has 0 saturated carbocycles. The van der Waals surface area contributed by atoms with Gasteiger partial charge in [-0.2, -0.15) is 0 Å². The van der Waals surface area contributed by atoms with Gasteiger partial charge in [0.2, 0.25) is 6.79 Å². The Bertz CT molecular complexity index is 1140. The van der Waals surface area contributed by atoms with Crippen LogP contribution in [-0.4, -0.2) is 25.9 Å². The van der Waals surface area contributed by atoms with Gasteiger partial charge in [0, 0.05) is 22.5 Å². The fourth-order valence-electron chi connectivity index (χ4n) is 4.47. The molecule has 30 heavy (non-hydrogen) atoms. The number of halogens is 1. The van der Waals surface area contributed by atoms with Crippen molar-refractivity contribution in [3.8, 4) is 11.5 Å². The monoisotopic (exact) mass is 426 g/mol. The van der Waals surface area contributed by atoms with E-state index in [-0.39, 0.29) is 24.5 Å². The van der Waals surface area contributed by atoms with Crippen LogP contribution in [0, 0.1) is 0 Å². The van der Waals surface area contributed by atoms with Gasteiger partial charge in [-0.15, -0.1) is 0 Å². The van der Waals surface area contributed by atoms with Gasteiger partial charge < -0.3 is 24.1 Å². The molecule has 0 radical (unpaired) electrons. The highest BCUT2D eigenvalue weighted by Crippen LogP contribution is 2.40. The summed E-state index contributed by atoms with van der Waals surface area (Å²) in [5, 5.41) is 4.88. The fraction of sp³-hybridized carbons (Fsp3) is 0.348. The van der Waals surface area contributed by atoms with Crippen molar-refractivity contribution in [3.63, 3.8) is 0 Å². The van der Waals surface area contributed by atoms with Crippen molar-refractivity contribution < 1.29 is 13.9 Å². The normalized spacial score (nSPS) is 17.3. The third-order valence-electron chi connectivity index (χ3n) is 5.96. The Morgan fingerprint density at radius 2 is 1.87 bits per heavy atom. The highest BCUT2D eigenvalue weighted by molar-refractivity contribution is 6.31. The smallest absolute Gasteiger partial charge is 0.338 e. The van der Waals surface area contributed by atoms with Gasteiger partial charge in [-0.3, -0.25) is 0 Å². The summed E-state index contributed by atoms with van der Waals surface area (Å²) in [5.41, 5.74) is 2.12. The highest BCUT2D eigenvalue weighted by atomic mass is 35.5. The van der Waals surface area contributed by atoms with E-state index < -0.39 is 0 Å². The third-order valence-corrected chi connectivity index (χ3v) is 6.19. The molecule has 6 nitrogen and oxygen atoms in total. The summed E-state index contributed by atoms with van der Waals surface area (Å²) < 4.78 is 16.5. The van der Waals surface area contributed by atoms with Crippen molar-refractivity contribution in [2.75, 3.05) is 24.8 Å². The average molecular weight is 427 g/mol. The van der Waals surface area contributed by atoms with Crippen molar-refractivity contribution in [2.45, 2.75) is 31.8 Å². The number of nitrogens with one attached hydrogen (secondary N) is 1. The predicted octanol–water partition coefficient (Wildman–Crippen LogP) is 4.49. The van der Waals surface area contributed by atoms with Gasteiger partial charge in [-0.1, -0.05) is 17.7 Å². The molecule has 1 aromatic heterocycles. The Hall–Kier alpha value is -2.70. The highest BCUT2D eigenvalue weighted by Gasteiger charge is 2.29. The second-order valence-corrected chi connectivity index (χ2v) is 8.20. The minimum Gasteiger partial charge on any atom is -0.454 e. The number of piperidine rings is 1. The quantitative estimate of drug-likeness (QED) is 0.620. The van der Waals surface area contributed by atoms with Crippen LogP contribution >= 0.6 is 11.6 Å². The number of fused-ring (bicyclic) bond motifs is 2. The molecule has 5 rings (SSSR count). The van der Waals surface area contributed by atoms with Crippen molar-refractivity contribution >= 4 is 28.3 Å². The van der Waals surface area contributed by atoms with Gasteiger partial charge in [0.15, 0.2) is 11.5 Å². The second-order valence-electron chi connectivity index (χ2n) is 7.77. The van der Waals surface area contributed by atoms with Crippen LogP contribution in [0.5, 0.6) is 11.5 Å². The lowest BCUT2D eigenvalue weighted by atomic mass is 9.97. The molecule has 2 aliphatic rings. The zero-order chi connectivity index (χ0) is 20.7. The summed E-state index contributed by atoms with van der Waals surface area (Å²) in [6.07, 6.45) is 1.97. The first-order valence-corrected chi connectivity index (χ1v) is 10.6. The molecule has 0 aliphatic carbocycles. The van der Waals surface area contributed by atoms with Crippen LogP contribution in [0.3, 0.4) is 0 Å². The topological polar surface area (TPSA) is 63.9 Å². The van der Waals surface area contributed by atoms with Gasteiger partial charge in [0.25, 0.3) is 0 Å². The summed E-state index contributed by atoms with van der Waals surface area (Å²) in [5.74, 6) is 1.52. The molecule has 0 bridgehead atoms. The van der Waals surface area contributed by atoms with Crippen molar-refractivity contribution in [3.05, 3.63) is 63.5 Å².